The van der Waals surface area contributed by atoms with Crippen molar-refractivity contribution >= 4 is 5.97 Å². The van der Waals surface area contributed by atoms with E-state index >= 15 is 0 Å². The second-order valence-electron chi connectivity index (χ2n) is 6.19. The van der Waals surface area contributed by atoms with Crippen molar-refractivity contribution in [2.24, 2.45) is 0 Å². The van der Waals surface area contributed by atoms with Crippen LogP contribution in [0.15, 0.2) is 48.5 Å². The monoisotopic (exact) mass is 358 g/mol. The number of methoxy groups -OCH3 is 2. The van der Waals surface area contributed by atoms with Crippen LogP contribution in [-0.2, 0) is 15.9 Å². The molecule has 2 unspecified atom stereocenters. The largest absolute Gasteiger partial charge is 0.490 e. The Bertz CT molecular complexity index is 699. The Balaban J connectivity index is 2.15. The summed E-state index contributed by atoms with van der Waals surface area (Å²) in [7, 11) is 2.96. The van der Waals surface area contributed by atoms with E-state index in [0.29, 0.717) is 23.7 Å². The van der Waals surface area contributed by atoms with Crippen LogP contribution in [0.2, 0.25) is 0 Å². The molecule has 0 amide bonds. The predicted octanol–water partition coefficient (Wildman–Crippen LogP) is 3.90. The van der Waals surface area contributed by atoms with Crippen molar-refractivity contribution in [3.05, 3.63) is 59.7 Å². The van der Waals surface area contributed by atoms with Crippen LogP contribution >= 0.6 is 0 Å². The first-order chi connectivity index (χ1) is 12.5. The van der Waals surface area contributed by atoms with Gasteiger partial charge in [0.1, 0.15) is 17.6 Å². The first-order valence-corrected chi connectivity index (χ1v) is 8.61. The number of hydrogen-bond acceptors (Lipinski definition) is 5. The van der Waals surface area contributed by atoms with E-state index in [1.54, 1.807) is 25.3 Å². The minimum atomic E-state index is -0.435. The van der Waals surface area contributed by atoms with E-state index in [1.807, 2.05) is 32.0 Å². The summed E-state index contributed by atoms with van der Waals surface area (Å²) >= 11 is 0. The second-order valence-corrected chi connectivity index (χ2v) is 6.19. The fourth-order valence-electron chi connectivity index (χ4n) is 2.66. The van der Waals surface area contributed by atoms with Gasteiger partial charge in [0.2, 0.25) is 0 Å². The molecule has 5 heteroatoms. The molecule has 0 heterocycles. The van der Waals surface area contributed by atoms with E-state index in [9.17, 15) is 4.79 Å². The molecular formula is C21H26O5. The van der Waals surface area contributed by atoms with Crippen LogP contribution in [0, 0.1) is 0 Å². The van der Waals surface area contributed by atoms with Gasteiger partial charge in [0, 0.05) is 19.6 Å². The Hall–Kier alpha value is -2.53. The van der Waals surface area contributed by atoms with Gasteiger partial charge in [0.05, 0.1) is 25.4 Å². The molecule has 0 bridgehead atoms. The van der Waals surface area contributed by atoms with E-state index in [4.69, 9.17) is 18.9 Å². The molecule has 0 fully saturated rings. The molecule has 26 heavy (non-hydrogen) atoms. The summed E-state index contributed by atoms with van der Waals surface area (Å²) in [5, 5.41) is 0. The smallest absolute Gasteiger partial charge is 0.338 e. The van der Waals surface area contributed by atoms with Crippen molar-refractivity contribution in [1.29, 1.82) is 0 Å². The summed E-state index contributed by atoms with van der Waals surface area (Å²) in [5.41, 5.74) is 1.57. The fourth-order valence-corrected chi connectivity index (χ4v) is 2.66. The summed E-state index contributed by atoms with van der Waals surface area (Å²) in [5.74, 6) is 0.672. The topological polar surface area (TPSA) is 54.0 Å². The number of carbonyl (C=O) groups excluding carboxylic acids is 1. The number of rotatable bonds is 9. The Morgan fingerprint density at radius 3 is 2.12 bits per heavy atom. The van der Waals surface area contributed by atoms with Gasteiger partial charge in [-0.1, -0.05) is 30.3 Å². The number of ether oxygens (including phenoxy) is 4. The summed E-state index contributed by atoms with van der Waals surface area (Å²) in [6.45, 7) is 4.34. The molecule has 2 rings (SSSR count). The third-order valence-electron chi connectivity index (χ3n) is 3.74. The van der Waals surface area contributed by atoms with Crippen LogP contribution in [0.1, 0.15) is 29.8 Å². The Morgan fingerprint density at radius 1 is 0.923 bits per heavy atom. The van der Waals surface area contributed by atoms with E-state index in [-0.39, 0.29) is 12.2 Å². The Kier molecular flexibility index (Phi) is 7.48. The van der Waals surface area contributed by atoms with E-state index in [0.717, 1.165) is 6.42 Å². The van der Waals surface area contributed by atoms with Gasteiger partial charge in [-0.25, -0.2) is 4.79 Å². The van der Waals surface area contributed by atoms with Gasteiger partial charge < -0.3 is 18.9 Å². The van der Waals surface area contributed by atoms with Crippen molar-refractivity contribution in [3.63, 3.8) is 0 Å². The Labute approximate surface area is 154 Å². The lowest BCUT2D eigenvalue weighted by molar-refractivity contribution is 0.0597. The molecule has 2 atom stereocenters. The van der Waals surface area contributed by atoms with Crippen molar-refractivity contribution in [2.45, 2.75) is 32.5 Å². The van der Waals surface area contributed by atoms with Crippen LogP contribution in [0.25, 0.3) is 0 Å². The molecule has 2 aromatic carbocycles. The highest BCUT2D eigenvalue weighted by atomic mass is 16.5. The van der Waals surface area contributed by atoms with Crippen LogP contribution in [-0.4, -0.2) is 39.0 Å². The zero-order valence-corrected chi connectivity index (χ0v) is 15.7. The minimum Gasteiger partial charge on any atom is -0.490 e. The molecule has 0 aliphatic carbocycles. The molecule has 0 spiro atoms. The van der Waals surface area contributed by atoms with Crippen LogP contribution in [0.4, 0.5) is 0 Å². The van der Waals surface area contributed by atoms with Gasteiger partial charge >= 0.3 is 5.97 Å². The normalized spacial score (nSPS) is 12.9. The third-order valence-corrected chi connectivity index (χ3v) is 3.74. The first kappa shape index (κ1) is 19.8. The number of hydrogen-bond donors (Lipinski definition) is 0. The molecule has 0 saturated carbocycles. The molecule has 0 aliphatic heterocycles. The van der Waals surface area contributed by atoms with Crippen LogP contribution < -0.4 is 9.47 Å². The van der Waals surface area contributed by atoms with Crippen molar-refractivity contribution < 1.29 is 23.7 Å². The average Bonchev–Trinajstić information content (AvgIpc) is 2.61. The molecular weight excluding hydrogens is 332 g/mol. The highest BCUT2D eigenvalue weighted by Gasteiger charge is 2.14. The second kappa shape index (κ2) is 9.82. The first-order valence-electron chi connectivity index (χ1n) is 8.61. The quantitative estimate of drug-likeness (QED) is 0.637. The van der Waals surface area contributed by atoms with E-state index in [1.165, 1.54) is 12.7 Å². The molecule has 0 N–H and O–H groups in total. The van der Waals surface area contributed by atoms with E-state index < -0.39 is 5.97 Å². The van der Waals surface area contributed by atoms with Gasteiger partial charge in [-0.3, -0.25) is 0 Å². The number of carbonyl (C=O) groups is 1. The van der Waals surface area contributed by atoms with Crippen LogP contribution in [0.5, 0.6) is 11.5 Å². The standard InChI is InChI=1S/C21H26O5/c1-15(10-17-8-6-5-7-9-17)25-19-11-18(21(22)24-4)12-20(13-19)26-16(2)14-23-3/h5-9,11-13,15-16H,10,14H2,1-4H3. The van der Waals surface area contributed by atoms with Gasteiger partial charge in [-0.15, -0.1) is 0 Å². The predicted molar refractivity (Wildman–Crippen MR) is 100.0 cm³/mol. The maximum absolute atomic E-state index is 11.9. The van der Waals surface area contributed by atoms with E-state index in [2.05, 4.69) is 12.1 Å². The van der Waals surface area contributed by atoms with Crippen molar-refractivity contribution in [2.75, 3.05) is 20.8 Å². The number of benzene rings is 2. The lowest BCUT2D eigenvalue weighted by Gasteiger charge is -2.18. The maximum Gasteiger partial charge on any atom is 0.338 e. The molecule has 2 aromatic rings. The number of esters is 1. The minimum absolute atomic E-state index is 0.0606. The zero-order chi connectivity index (χ0) is 18.9. The van der Waals surface area contributed by atoms with Gasteiger partial charge in [-0.2, -0.15) is 0 Å². The third kappa shape index (κ3) is 6.08. The molecule has 0 radical (unpaired) electrons. The average molecular weight is 358 g/mol. The van der Waals surface area contributed by atoms with Gasteiger partial charge in [0.25, 0.3) is 0 Å². The maximum atomic E-state index is 11.9. The lowest BCUT2D eigenvalue weighted by atomic mass is 10.1. The lowest BCUT2D eigenvalue weighted by Crippen LogP contribution is -2.19. The summed E-state index contributed by atoms with van der Waals surface area (Å²) in [6.07, 6.45) is 0.552. The summed E-state index contributed by atoms with van der Waals surface area (Å²) in [4.78, 5) is 11.9. The van der Waals surface area contributed by atoms with Gasteiger partial charge in [-0.05, 0) is 31.5 Å². The van der Waals surface area contributed by atoms with Gasteiger partial charge in [0.15, 0.2) is 0 Å². The molecule has 0 aliphatic rings. The Morgan fingerprint density at radius 2 is 1.54 bits per heavy atom. The van der Waals surface area contributed by atoms with Crippen molar-refractivity contribution in [3.8, 4) is 11.5 Å². The SMILES string of the molecule is COCC(C)Oc1cc(OC(C)Cc2ccccc2)cc(C(=O)OC)c1. The highest BCUT2D eigenvalue weighted by Crippen LogP contribution is 2.26. The summed E-state index contributed by atoms with van der Waals surface area (Å²) in [6, 6.07) is 15.2. The van der Waals surface area contributed by atoms with Crippen molar-refractivity contribution in [1.82, 2.24) is 0 Å². The molecule has 0 aromatic heterocycles. The molecule has 5 nitrogen and oxygen atoms in total. The highest BCUT2D eigenvalue weighted by molar-refractivity contribution is 5.90. The summed E-state index contributed by atoms with van der Waals surface area (Å²) < 4.78 is 21.7. The zero-order valence-electron chi connectivity index (χ0n) is 15.7. The molecule has 140 valence electrons. The fraction of sp³-hybridized carbons (Fsp3) is 0.381. The van der Waals surface area contributed by atoms with Crippen LogP contribution in [0.3, 0.4) is 0 Å². The molecule has 0 saturated heterocycles.